The monoisotopic (exact) mass is 310 g/mol. The fraction of sp³-hybridized carbons (Fsp3) is 0.500. The highest BCUT2D eigenvalue weighted by atomic mass is 79.9. The highest BCUT2D eigenvalue weighted by molar-refractivity contribution is 9.10. The molecule has 1 fully saturated rings. The molecule has 1 aliphatic rings. The molecule has 1 saturated heterocycles. The van der Waals surface area contributed by atoms with Crippen LogP contribution < -0.4 is 10.6 Å². The molecule has 2 unspecified atom stereocenters. The zero-order chi connectivity index (χ0) is 13.1. The van der Waals surface area contributed by atoms with E-state index in [2.05, 4.69) is 33.5 Å². The quantitative estimate of drug-likeness (QED) is 0.881. The van der Waals surface area contributed by atoms with Gasteiger partial charge in [0, 0.05) is 22.1 Å². The van der Waals surface area contributed by atoms with E-state index in [4.69, 9.17) is 0 Å². The fourth-order valence-electron chi connectivity index (χ4n) is 2.41. The van der Waals surface area contributed by atoms with Crippen molar-refractivity contribution >= 4 is 21.8 Å². The normalized spacial score (nSPS) is 23.7. The molecule has 0 aromatic heterocycles. The van der Waals surface area contributed by atoms with Gasteiger partial charge < -0.3 is 10.6 Å². The number of halogens is 1. The first kappa shape index (κ1) is 13.6. The van der Waals surface area contributed by atoms with Gasteiger partial charge in [0.15, 0.2) is 0 Å². The molecule has 18 heavy (non-hydrogen) atoms. The molecule has 1 aliphatic heterocycles. The predicted molar refractivity (Wildman–Crippen MR) is 76.8 cm³/mol. The summed E-state index contributed by atoms with van der Waals surface area (Å²) < 4.78 is 1.01. The van der Waals surface area contributed by atoms with Gasteiger partial charge in [0.1, 0.15) is 0 Å². The zero-order valence-corrected chi connectivity index (χ0v) is 12.4. The number of hydrogen-bond acceptors (Lipinski definition) is 2. The molecule has 98 valence electrons. The molecule has 1 aromatic rings. The summed E-state index contributed by atoms with van der Waals surface area (Å²) in [6.07, 6.45) is 2.01. The van der Waals surface area contributed by atoms with Crippen LogP contribution in [0.25, 0.3) is 0 Å². The topological polar surface area (TPSA) is 41.1 Å². The molecule has 1 heterocycles. The van der Waals surface area contributed by atoms with Crippen molar-refractivity contribution in [2.24, 2.45) is 0 Å². The Morgan fingerprint density at radius 3 is 2.94 bits per heavy atom. The minimum Gasteiger partial charge on any atom is -0.349 e. The molecule has 4 heteroatoms. The largest absolute Gasteiger partial charge is 0.349 e. The number of carbonyl (C=O) groups excluding carboxylic acids is 1. The minimum absolute atomic E-state index is 0.0408. The molecule has 2 atom stereocenters. The Balaban J connectivity index is 2.03. The predicted octanol–water partition coefficient (Wildman–Crippen LogP) is 2.63. The summed E-state index contributed by atoms with van der Waals surface area (Å²) in [6, 6.07) is 6.53. The Labute approximate surface area is 116 Å². The van der Waals surface area contributed by atoms with Crippen LogP contribution in [-0.2, 0) is 0 Å². The molecule has 0 spiro atoms. The van der Waals surface area contributed by atoms with Crippen molar-refractivity contribution in [2.75, 3.05) is 6.54 Å². The van der Waals surface area contributed by atoms with Crippen LogP contribution in [0.3, 0.4) is 0 Å². The highest BCUT2D eigenvalue weighted by Crippen LogP contribution is 2.16. The molecule has 1 aromatic carbocycles. The first-order chi connectivity index (χ1) is 8.56. The average Bonchev–Trinajstić information content (AvgIpc) is 2.28. The third-order valence-electron chi connectivity index (χ3n) is 3.39. The van der Waals surface area contributed by atoms with Gasteiger partial charge in [0.25, 0.3) is 5.91 Å². The van der Waals surface area contributed by atoms with Gasteiger partial charge in [-0.15, -0.1) is 0 Å². The summed E-state index contributed by atoms with van der Waals surface area (Å²) in [6.45, 7) is 5.10. The Morgan fingerprint density at radius 2 is 2.28 bits per heavy atom. The lowest BCUT2D eigenvalue weighted by molar-refractivity contribution is 0.0925. The van der Waals surface area contributed by atoms with E-state index in [1.165, 1.54) is 0 Å². The van der Waals surface area contributed by atoms with Crippen LogP contribution in [0.15, 0.2) is 22.7 Å². The minimum atomic E-state index is 0.0408. The lowest BCUT2D eigenvalue weighted by atomic mass is 9.99. The standard InChI is InChI=1S/C14H19BrN2O/c1-9-7-11(15)3-4-13(9)14(18)17-12-5-6-16-10(2)8-12/h3-4,7,10,12,16H,5-6,8H2,1-2H3,(H,17,18). The molecular formula is C14H19BrN2O. The molecule has 0 bridgehead atoms. The number of carbonyl (C=O) groups is 1. The smallest absolute Gasteiger partial charge is 0.251 e. The first-order valence-corrected chi connectivity index (χ1v) is 7.16. The van der Waals surface area contributed by atoms with Crippen LogP contribution >= 0.6 is 15.9 Å². The van der Waals surface area contributed by atoms with Crippen LogP contribution in [0.2, 0.25) is 0 Å². The second-order valence-corrected chi connectivity index (χ2v) is 5.92. The highest BCUT2D eigenvalue weighted by Gasteiger charge is 2.20. The molecule has 1 amide bonds. The third kappa shape index (κ3) is 3.33. The third-order valence-corrected chi connectivity index (χ3v) is 3.89. The van der Waals surface area contributed by atoms with Gasteiger partial charge in [0.05, 0.1) is 0 Å². The Kier molecular flexibility index (Phi) is 4.40. The Bertz CT molecular complexity index is 447. The maximum absolute atomic E-state index is 12.2. The number of hydrogen-bond donors (Lipinski definition) is 2. The summed E-state index contributed by atoms with van der Waals surface area (Å²) in [5, 5.41) is 6.52. The number of nitrogens with one attached hydrogen (secondary N) is 2. The van der Waals surface area contributed by atoms with Gasteiger partial charge >= 0.3 is 0 Å². The second kappa shape index (κ2) is 5.85. The molecule has 0 aliphatic carbocycles. The van der Waals surface area contributed by atoms with Gasteiger partial charge in [-0.2, -0.15) is 0 Å². The maximum atomic E-state index is 12.2. The SMILES string of the molecule is Cc1cc(Br)ccc1C(=O)NC1CCNC(C)C1. The van der Waals surface area contributed by atoms with Gasteiger partial charge in [0.2, 0.25) is 0 Å². The van der Waals surface area contributed by atoms with Crippen LogP contribution in [0.1, 0.15) is 35.7 Å². The van der Waals surface area contributed by atoms with E-state index >= 15 is 0 Å². The molecule has 2 N–H and O–H groups in total. The number of rotatable bonds is 2. The number of aryl methyl sites for hydroxylation is 1. The van der Waals surface area contributed by atoms with E-state index in [0.717, 1.165) is 35.0 Å². The second-order valence-electron chi connectivity index (χ2n) is 5.01. The number of benzene rings is 1. The van der Waals surface area contributed by atoms with Gasteiger partial charge in [-0.25, -0.2) is 0 Å². The van der Waals surface area contributed by atoms with Crippen molar-refractivity contribution in [3.8, 4) is 0 Å². The van der Waals surface area contributed by atoms with E-state index in [0.29, 0.717) is 6.04 Å². The van der Waals surface area contributed by atoms with E-state index < -0.39 is 0 Å². The molecular weight excluding hydrogens is 292 g/mol. The number of piperidine rings is 1. The molecule has 3 nitrogen and oxygen atoms in total. The lowest BCUT2D eigenvalue weighted by Gasteiger charge is -2.28. The maximum Gasteiger partial charge on any atom is 0.251 e. The Morgan fingerprint density at radius 1 is 1.50 bits per heavy atom. The van der Waals surface area contributed by atoms with Crippen molar-refractivity contribution in [2.45, 2.75) is 38.8 Å². The van der Waals surface area contributed by atoms with Gasteiger partial charge in [-0.1, -0.05) is 15.9 Å². The van der Waals surface area contributed by atoms with Crippen LogP contribution in [-0.4, -0.2) is 24.5 Å². The van der Waals surface area contributed by atoms with Crippen LogP contribution in [0, 0.1) is 6.92 Å². The van der Waals surface area contributed by atoms with Crippen molar-refractivity contribution in [3.05, 3.63) is 33.8 Å². The summed E-state index contributed by atoms with van der Waals surface area (Å²) in [7, 11) is 0. The van der Waals surface area contributed by atoms with E-state index in [1.54, 1.807) is 0 Å². The van der Waals surface area contributed by atoms with Gasteiger partial charge in [-0.05, 0) is 57.0 Å². The van der Waals surface area contributed by atoms with E-state index in [-0.39, 0.29) is 11.9 Å². The summed E-state index contributed by atoms with van der Waals surface area (Å²) >= 11 is 3.41. The summed E-state index contributed by atoms with van der Waals surface area (Å²) in [5.74, 6) is 0.0408. The van der Waals surface area contributed by atoms with Crippen molar-refractivity contribution in [1.82, 2.24) is 10.6 Å². The van der Waals surface area contributed by atoms with E-state index in [9.17, 15) is 4.79 Å². The van der Waals surface area contributed by atoms with Crippen molar-refractivity contribution in [3.63, 3.8) is 0 Å². The summed E-state index contributed by atoms with van der Waals surface area (Å²) in [5.41, 5.74) is 1.77. The first-order valence-electron chi connectivity index (χ1n) is 6.36. The average molecular weight is 311 g/mol. The van der Waals surface area contributed by atoms with Crippen LogP contribution in [0.4, 0.5) is 0 Å². The number of amides is 1. The fourth-order valence-corrected chi connectivity index (χ4v) is 2.88. The van der Waals surface area contributed by atoms with E-state index in [1.807, 2.05) is 25.1 Å². The molecule has 0 saturated carbocycles. The van der Waals surface area contributed by atoms with Crippen molar-refractivity contribution < 1.29 is 4.79 Å². The van der Waals surface area contributed by atoms with Gasteiger partial charge in [-0.3, -0.25) is 4.79 Å². The van der Waals surface area contributed by atoms with Crippen LogP contribution in [0.5, 0.6) is 0 Å². The molecule has 0 radical (unpaired) electrons. The van der Waals surface area contributed by atoms with Crippen molar-refractivity contribution in [1.29, 1.82) is 0 Å². The Hall–Kier alpha value is -0.870. The lowest BCUT2D eigenvalue weighted by Crippen LogP contribution is -2.46. The summed E-state index contributed by atoms with van der Waals surface area (Å²) in [4.78, 5) is 12.2. The molecule has 2 rings (SSSR count). The zero-order valence-electron chi connectivity index (χ0n) is 10.8.